The van der Waals surface area contributed by atoms with Crippen molar-refractivity contribution in [3.63, 3.8) is 0 Å². The van der Waals surface area contributed by atoms with Gasteiger partial charge in [0.05, 0.1) is 30.5 Å². The van der Waals surface area contributed by atoms with E-state index in [9.17, 15) is 14.4 Å². The molecule has 6 heteroatoms. The van der Waals surface area contributed by atoms with Gasteiger partial charge in [0.25, 0.3) is 0 Å². The molecule has 6 nitrogen and oxygen atoms in total. The molecule has 3 aliphatic rings. The summed E-state index contributed by atoms with van der Waals surface area (Å²) in [4.78, 5) is 35.2. The van der Waals surface area contributed by atoms with E-state index in [0.29, 0.717) is 6.61 Å². The zero-order valence-electron chi connectivity index (χ0n) is 13.7. The average Bonchev–Trinajstić information content (AvgIpc) is 3.16. The molecule has 0 aromatic heterocycles. The van der Waals surface area contributed by atoms with Gasteiger partial charge >= 0.3 is 17.9 Å². The first kappa shape index (κ1) is 16.4. The Hall–Kier alpha value is -1.43. The molecule has 0 aromatic rings. The van der Waals surface area contributed by atoms with Gasteiger partial charge in [0.15, 0.2) is 0 Å². The molecule has 0 N–H and O–H groups in total. The Balaban J connectivity index is 1.42. The van der Waals surface area contributed by atoms with Crippen LogP contribution in [0, 0.1) is 29.6 Å². The van der Waals surface area contributed by atoms with Crippen LogP contribution in [0.2, 0.25) is 0 Å². The number of esters is 3. The fourth-order valence-electron chi connectivity index (χ4n) is 4.42. The van der Waals surface area contributed by atoms with E-state index in [1.54, 1.807) is 0 Å². The molecule has 23 heavy (non-hydrogen) atoms. The summed E-state index contributed by atoms with van der Waals surface area (Å²) < 4.78 is 15.8. The second-order valence-corrected chi connectivity index (χ2v) is 6.95. The third-order valence-corrected chi connectivity index (χ3v) is 5.47. The molecule has 0 radical (unpaired) electrons. The van der Waals surface area contributed by atoms with E-state index >= 15 is 0 Å². The summed E-state index contributed by atoms with van der Waals surface area (Å²) in [7, 11) is 0. The van der Waals surface area contributed by atoms with Crippen LogP contribution in [0.5, 0.6) is 0 Å². The molecule has 0 amide bonds. The number of carbonyl (C=O) groups is 3. The summed E-state index contributed by atoms with van der Waals surface area (Å²) in [5.41, 5.74) is 0. The minimum Gasteiger partial charge on any atom is -0.463 e. The van der Waals surface area contributed by atoms with Crippen LogP contribution in [-0.4, -0.2) is 37.2 Å². The van der Waals surface area contributed by atoms with E-state index in [1.807, 2.05) is 13.8 Å². The topological polar surface area (TPSA) is 78.9 Å². The first-order chi connectivity index (χ1) is 11.0. The van der Waals surface area contributed by atoms with E-state index in [4.69, 9.17) is 14.2 Å². The number of ether oxygens (including phenoxy) is 3. The molecular weight excluding hydrogens is 300 g/mol. The Bertz CT molecular complexity index is 501. The summed E-state index contributed by atoms with van der Waals surface area (Å²) in [6.45, 7) is 4.47. The van der Waals surface area contributed by atoms with Crippen molar-refractivity contribution < 1.29 is 28.6 Å². The van der Waals surface area contributed by atoms with Gasteiger partial charge < -0.3 is 14.2 Å². The largest absolute Gasteiger partial charge is 0.463 e. The number of hydrogen-bond acceptors (Lipinski definition) is 6. The predicted octanol–water partition coefficient (Wildman–Crippen LogP) is 1.71. The molecule has 3 fully saturated rings. The average molecular weight is 324 g/mol. The van der Waals surface area contributed by atoms with Gasteiger partial charge in [-0.2, -0.15) is 0 Å². The van der Waals surface area contributed by atoms with Crippen LogP contribution in [0.3, 0.4) is 0 Å². The molecule has 128 valence electrons. The zero-order valence-corrected chi connectivity index (χ0v) is 13.7. The summed E-state index contributed by atoms with van der Waals surface area (Å²) in [5, 5.41) is 0. The molecule has 1 aliphatic heterocycles. The molecule has 2 saturated carbocycles. The van der Waals surface area contributed by atoms with Crippen LogP contribution < -0.4 is 0 Å². The number of rotatable bonds is 7. The molecule has 3 rings (SSSR count). The van der Waals surface area contributed by atoms with Gasteiger partial charge in [-0.1, -0.05) is 20.3 Å². The van der Waals surface area contributed by atoms with E-state index in [-0.39, 0.29) is 60.2 Å². The smallest absolute Gasteiger partial charge is 0.317 e. The van der Waals surface area contributed by atoms with Crippen LogP contribution >= 0.6 is 0 Å². The van der Waals surface area contributed by atoms with E-state index < -0.39 is 0 Å². The van der Waals surface area contributed by atoms with Crippen molar-refractivity contribution in [3.05, 3.63) is 0 Å². The van der Waals surface area contributed by atoms with Crippen LogP contribution in [0.1, 0.15) is 39.5 Å². The molecule has 6 unspecified atom stereocenters. The SMILES string of the molecule is CCCC(C)C(=O)OCCOC1CC2CC1C1C(=O)OC(=O)C21. The number of carbonyl (C=O) groups excluding carboxylic acids is 3. The van der Waals surface area contributed by atoms with E-state index in [0.717, 1.165) is 25.7 Å². The van der Waals surface area contributed by atoms with Crippen LogP contribution in [0.15, 0.2) is 0 Å². The fourth-order valence-corrected chi connectivity index (χ4v) is 4.42. The molecular formula is C17H24O6. The number of hydrogen-bond donors (Lipinski definition) is 0. The highest BCUT2D eigenvalue weighted by Crippen LogP contribution is 2.56. The lowest BCUT2D eigenvalue weighted by Gasteiger charge is -2.27. The third-order valence-electron chi connectivity index (χ3n) is 5.47. The first-order valence-corrected chi connectivity index (χ1v) is 8.56. The normalized spacial score (nSPS) is 36.0. The minimum atomic E-state index is -0.388. The lowest BCUT2D eigenvalue weighted by atomic mass is 9.79. The standard InChI is InChI=1S/C17H24O6/c1-3-4-9(2)15(18)22-6-5-21-12-8-10-7-11(12)14-13(10)16(19)23-17(14)20/h9-14H,3-8H2,1-2H3. The maximum atomic E-state index is 11.8. The molecule has 0 aromatic carbocycles. The second kappa shape index (κ2) is 6.59. The van der Waals surface area contributed by atoms with Gasteiger partial charge in [0.1, 0.15) is 6.61 Å². The summed E-state index contributed by atoms with van der Waals surface area (Å²) in [6.07, 6.45) is 3.38. The molecule has 1 saturated heterocycles. The van der Waals surface area contributed by atoms with Crippen LogP contribution in [-0.2, 0) is 28.6 Å². The minimum absolute atomic E-state index is 0.0357. The highest BCUT2D eigenvalue weighted by molar-refractivity contribution is 5.97. The van der Waals surface area contributed by atoms with Crippen molar-refractivity contribution in [3.8, 4) is 0 Å². The Kier molecular flexibility index (Phi) is 4.71. The second-order valence-electron chi connectivity index (χ2n) is 6.95. The van der Waals surface area contributed by atoms with Gasteiger partial charge in [-0.15, -0.1) is 0 Å². The van der Waals surface area contributed by atoms with Gasteiger partial charge in [-0.3, -0.25) is 14.4 Å². The monoisotopic (exact) mass is 324 g/mol. The van der Waals surface area contributed by atoms with Gasteiger partial charge in [0, 0.05) is 0 Å². The van der Waals surface area contributed by atoms with Crippen molar-refractivity contribution in [1.82, 2.24) is 0 Å². The number of cyclic esters (lactones) is 2. The number of fused-ring (bicyclic) bond motifs is 5. The lowest BCUT2D eigenvalue weighted by Crippen LogP contribution is -2.35. The van der Waals surface area contributed by atoms with Gasteiger partial charge in [-0.05, 0) is 31.1 Å². The zero-order chi connectivity index (χ0) is 16.6. The summed E-state index contributed by atoms with van der Waals surface area (Å²) in [6, 6.07) is 0. The Morgan fingerprint density at radius 2 is 1.96 bits per heavy atom. The maximum Gasteiger partial charge on any atom is 0.317 e. The van der Waals surface area contributed by atoms with Crippen molar-refractivity contribution in [2.75, 3.05) is 13.2 Å². The Labute approximate surface area is 135 Å². The highest BCUT2D eigenvalue weighted by atomic mass is 16.6. The van der Waals surface area contributed by atoms with Crippen molar-refractivity contribution in [1.29, 1.82) is 0 Å². The van der Waals surface area contributed by atoms with Crippen molar-refractivity contribution >= 4 is 17.9 Å². The predicted molar refractivity (Wildman–Crippen MR) is 79.1 cm³/mol. The summed E-state index contributed by atoms with van der Waals surface area (Å²) in [5.74, 6) is -1.32. The van der Waals surface area contributed by atoms with Crippen molar-refractivity contribution in [2.24, 2.45) is 29.6 Å². The van der Waals surface area contributed by atoms with Crippen molar-refractivity contribution in [2.45, 2.75) is 45.6 Å². The Morgan fingerprint density at radius 1 is 1.22 bits per heavy atom. The molecule has 2 bridgehead atoms. The summed E-state index contributed by atoms with van der Waals surface area (Å²) >= 11 is 0. The van der Waals surface area contributed by atoms with E-state index in [1.165, 1.54) is 0 Å². The first-order valence-electron chi connectivity index (χ1n) is 8.56. The van der Waals surface area contributed by atoms with Gasteiger partial charge in [0.2, 0.25) is 0 Å². The molecule has 1 heterocycles. The quantitative estimate of drug-likeness (QED) is 0.403. The Morgan fingerprint density at radius 3 is 2.70 bits per heavy atom. The third kappa shape index (κ3) is 3.01. The van der Waals surface area contributed by atoms with Gasteiger partial charge in [-0.25, -0.2) is 0 Å². The molecule has 2 aliphatic carbocycles. The van der Waals surface area contributed by atoms with E-state index in [2.05, 4.69) is 0 Å². The van der Waals surface area contributed by atoms with Crippen LogP contribution in [0.25, 0.3) is 0 Å². The lowest BCUT2D eigenvalue weighted by molar-refractivity contribution is -0.155. The molecule has 0 spiro atoms. The highest BCUT2D eigenvalue weighted by Gasteiger charge is 2.63. The maximum absolute atomic E-state index is 11.8. The van der Waals surface area contributed by atoms with Crippen LogP contribution in [0.4, 0.5) is 0 Å². The fraction of sp³-hybridized carbons (Fsp3) is 0.824. The molecule has 6 atom stereocenters.